The molecule has 0 aliphatic carbocycles. The van der Waals surface area contributed by atoms with E-state index in [1.807, 2.05) is 71.6 Å². The molecule has 2 aromatic heterocycles. The molecule has 30 heavy (non-hydrogen) atoms. The van der Waals surface area contributed by atoms with Gasteiger partial charge in [0.2, 0.25) is 4.80 Å². The maximum absolute atomic E-state index is 12.3. The van der Waals surface area contributed by atoms with Crippen molar-refractivity contribution in [2.75, 3.05) is 5.75 Å². The van der Waals surface area contributed by atoms with Gasteiger partial charge in [0.1, 0.15) is 6.33 Å². The van der Waals surface area contributed by atoms with Gasteiger partial charge in [-0.1, -0.05) is 53.7 Å². The fourth-order valence-corrected chi connectivity index (χ4v) is 4.39. The molecule has 0 atom stereocenters. The van der Waals surface area contributed by atoms with Gasteiger partial charge in [-0.2, -0.15) is 0 Å². The lowest BCUT2D eigenvalue weighted by Crippen LogP contribution is -2.25. The van der Waals surface area contributed by atoms with E-state index < -0.39 is 0 Å². The molecule has 10 heteroatoms. The van der Waals surface area contributed by atoms with Gasteiger partial charge in [0.25, 0.3) is 5.91 Å². The number of halogens is 1. The summed E-state index contributed by atoms with van der Waals surface area (Å²) in [5.41, 5.74) is 5.56. The standard InChI is InChI=1S/C20H17ClN6OS2/c1-26-13-22-24-19(26)30-12-18(28)23-25-20-27(16-5-3-2-4-6-16)17(11-29-20)14-7-9-15(21)10-8-14/h2-11,13H,12H2,1H3,(H,23,28)/b25-20+. The number of carbonyl (C=O) groups is 1. The van der Waals surface area contributed by atoms with Crippen molar-refractivity contribution < 1.29 is 4.79 Å². The van der Waals surface area contributed by atoms with Gasteiger partial charge in [-0.3, -0.25) is 9.36 Å². The Balaban J connectivity index is 1.61. The minimum atomic E-state index is -0.218. The lowest BCUT2D eigenvalue weighted by Gasteiger charge is -2.09. The summed E-state index contributed by atoms with van der Waals surface area (Å²) in [6, 6.07) is 17.5. The van der Waals surface area contributed by atoms with Crippen molar-refractivity contribution in [1.29, 1.82) is 0 Å². The first kappa shape index (κ1) is 20.4. The minimum Gasteiger partial charge on any atom is -0.312 e. The molecule has 4 rings (SSSR count). The van der Waals surface area contributed by atoms with Crippen LogP contribution in [-0.2, 0) is 11.8 Å². The zero-order chi connectivity index (χ0) is 20.9. The van der Waals surface area contributed by atoms with Crippen LogP contribution in [0.15, 0.2) is 76.6 Å². The van der Waals surface area contributed by atoms with E-state index in [1.54, 1.807) is 10.9 Å². The van der Waals surface area contributed by atoms with Crippen LogP contribution in [0.3, 0.4) is 0 Å². The number of para-hydroxylation sites is 1. The maximum Gasteiger partial charge on any atom is 0.250 e. The number of aromatic nitrogens is 4. The highest BCUT2D eigenvalue weighted by molar-refractivity contribution is 7.99. The van der Waals surface area contributed by atoms with Gasteiger partial charge in [-0.15, -0.1) is 26.6 Å². The summed E-state index contributed by atoms with van der Waals surface area (Å²) >= 11 is 8.79. The van der Waals surface area contributed by atoms with Gasteiger partial charge < -0.3 is 4.57 Å². The Morgan fingerprint density at radius 3 is 2.67 bits per heavy atom. The van der Waals surface area contributed by atoms with Crippen molar-refractivity contribution in [2.24, 2.45) is 12.1 Å². The number of amides is 1. The Hall–Kier alpha value is -2.88. The van der Waals surface area contributed by atoms with E-state index in [-0.39, 0.29) is 11.7 Å². The monoisotopic (exact) mass is 456 g/mol. The highest BCUT2D eigenvalue weighted by Gasteiger charge is 2.11. The van der Waals surface area contributed by atoms with Crippen LogP contribution >= 0.6 is 34.7 Å². The fraction of sp³-hybridized carbons (Fsp3) is 0.100. The Morgan fingerprint density at radius 1 is 1.20 bits per heavy atom. The summed E-state index contributed by atoms with van der Waals surface area (Å²) in [5, 5.41) is 15.5. The third kappa shape index (κ3) is 4.64. The molecule has 152 valence electrons. The zero-order valence-corrected chi connectivity index (χ0v) is 18.3. The summed E-state index contributed by atoms with van der Waals surface area (Å²) in [4.78, 5) is 12.9. The van der Waals surface area contributed by atoms with Gasteiger partial charge in [-0.25, -0.2) is 5.43 Å². The number of hydrogen-bond donors (Lipinski definition) is 1. The number of thiazole rings is 1. The molecule has 0 aliphatic heterocycles. The highest BCUT2D eigenvalue weighted by atomic mass is 35.5. The summed E-state index contributed by atoms with van der Waals surface area (Å²) in [7, 11) is 1.83. The lowest BCUT2D eigenvalue weighted by molar-refractivity contribution is -0.118. The fourth-order valence-electron chi connectivity index (χ4n) is 2.71. The number of thioether (sulfide) groups is 1. The second-order valence-electron chi connectivity index (χ2n) is 6.24. The molecule has 0 unspecified atom stereocenters. The van der Waals surface area contributed by atoms with Crippen LogP contribution in [0, 0.1) is 0 Å². The Labute approximate surface area is 186 Å². The van der Waals surface area contributed by atoms with E-state index in [0.29, 0.717) is 15.0 Å². The minimum absolute atomic E-state index is 0.191. The topological polar surface area (TPSA) is 77.1 Å². The molecule has 0 fully saturated rings. The quantitative estimate of drug-likeness (QED) is 0.354. The first-order valence-electron chi connectivity index (χ1n) is 8.93. The van der Waals surface area contributed by atoms with Crippen LogP contribution in [-0.4, -0.2) is 31.0 Å². The van der Waals surface area contributed by atoms with Crippen LogP contribution in [0.5, 0.6) is 0 Å². The molecule has 0 saturated carbocycles. The van der Waals surface area contributed by atoms with Crippen molar-refractivity contribution in [3.8, 4) is 16.9 Å². The third-order valence-corrected chi connectivity index (χ3v) is 6.25. The normalized spacial score (nSPS) is 11.6. The molecule has 0 saturated heterocycles. The van der Waals surface area contributed by atoms with Crippen LogP contribution in [0.4, 0.5) is 0 Å². The van der Waals surface area contributed by atoms with E-state index in [1.165, 1.54) is 23.1 Å². The van der Waals surface area contributed by atoms with E-state index in [2.05, 4.69) is 20.7 Å². The van der Waals surface area contributed by atoms with E-state index in [0.717, 1.165) is 16.9 Å². The van der Waals surface area contributed by atoms with E-state index in [9.17, 15) is 4.79 Å². The number of carbonyl (C=O) groups excluding carboxylic acids is 1. The SMILES string of the molecule is Cn1cnnc1SCC(=O)N/N=c1/scc(-c2ccc(Cl)cc2)n1-c1ccccc1. The number of benzene rings is 2. The zero-order valence-electron chi connectivity index (χ0n) is 15.9. The van der Waals surface area contributed by atoms with Gasteiger partial charge in [0.05, 0.1) is 11.4 Å². The third-order valence-electron chi connectivity index (χ3n) is 4.14. The summed E-state index contributed by atoms with van der Waals surface area (Å²) in [6.45, 7) is 0. The number of nitrogens with zero attached hydrogens (tertiary/aromatic N) is 5. The molecule has 4 aromatic rings. The number of aryl methyl sites for hydroxylation is 1. The summed E-state index contributed by atoms with van der Waals surface area (Å²) in [6.07, 6.45) is 1.59. The Morgan fingerprint density at radius 2 is 1.97 bits per heavy atom. The second-order valence-corrected chi connectivity index (χ2v) is 8.46. The van der Waals surface area contributed by atoms with Gasteiger partial charge in [0, 0.05) is 23.1 Å². The van der Waals surface area contributed by atoms with Crippen molar-refractivity contribution in [2.45, 2.75) is 5.16 Å². The molecule has 7 nitrogen and oxygen atoms in total. The van der Waals surface area contributed by atoms with Crippen molar-refractivity contribution >= 4 is 40.6 Å². The molecule has 1 amide bonds. The smallest absolute Gasteiger partial charge is 0.250 e. The van der Waals surface area contributed by atoms with Gasteiger partial charge in [0.15, 0.2) is 5.16 Å². The number of rotatable bonds is 6. The molecule has 0 aliphatic rings. The van der Waals surface area contributed by atoms with Gasteiger partial charge >= 0.3 is 0 Å². The first-order chi connectivity index (χ1) is 14.6. The molecular formula is C20H17ClN6OS2. The van der Waals surface area contributed by atoms with Gasteiger partial charge in [-0.05, 0) is 29.8 Å². The van der Waals surface area contributed by atoms with Crippen molar-refractivity contribution in [3.63, 3.8) is 0 Å². The van der Waals surface area contributed by atoms with Crippen LogP contribution in [0.1, 0.15) is 0 Å². The maximum atomic E-state index is 12.3. The molecule has 0 spiro atoms. The van der Waals surface area contributed by atoms with E-state index >= 15 is 0 Å². The average Bonchev–Trinajstić information content (AvgIpc) is 3.38. The van der Waals surface area contributed by atoms with Crippen molar-refractivity contribution in [3.05, 3.63) is 76.1 Å². The molecule has 0 bridgehead atoms. The predicted molar refractivity (Wildman–Crippen MR) is 120 cm³/mol. The van der Waals surface area contributed by atoms with Crippen LogP contribution in [0.25, 0.3) is 16.9 Å². The van der Waals surface area contributed by atoms with Crippen LogP contribution in [0.2, 0.25) is 5.02 Å². The first-order valence-corrected chi connectivity index (χ1v) is 11.2. The largest absolute Gasteiger partial charge is 0.312 e. The lowest BCUT2D eigenvalue weighted by atomic mass is 10.1. The van der Waals surface area contributed by atoms with Crippen LogP contribution < -0.4 is 10.2 Å². The Bertz CT molecular complexity index is 1210. The summed E-state index contributed by atoms with van der Waals surface area (Å²) < 4.78 is 3.76. The summed E-state index contributed by atoms with van der Waals surface area (Å²) in [5.74, 6) is -0.0272. The highest BCUT2D eigenvalue weighted by Crippen LogP contribution is 2.24. The van der Waals surface area contributed by atoms with Crippen molar-refractivity contribution in [1.82, 2.24) is 24.8 Å². The number of hydrogen-bond acceptors (Lipinski definition) is 6. The molecule has 2 heterocycles. The molecular weight excluding hydrogens is 440 g/mol. The van der Waals surface area contributed by atoms with E-state index in [4.69, 9.17) is 11.6 Å². The Kier molecular flexibility index (Phi) is 6.32. The predicted octanol–water partition coefficient (Wildman–Crippen LogP) is 3.71. The second kappa shape index (κ2) is 9.29. The molecule has 1 N–H and O–H groups in total. The molecule has 2 aromatic carbocycles. The molecule has 0 radical (unpaired) electrons. The average molecular weight is 457 g/mol. The number of nitrogens with one attached hydrogen (secondary N) is 1.